The van der Waals surface area contributed by atoms with Gasteiger partial charge < -0.3 is 5.73 Å². The van der Waals surface area contributed by atoms with Gasteiger partial charge in [0.1, 0.15) is 5.82 Å². The Morgan fingerprint density at radius 1 is 1.21 bits per heavy atom. The molecule has 0 saturated heterocycles. The monoisotopic (exact) mass is 286 g/mol. The van der Waals surface area contributed by atoms with Crippen molar-refractivity contribution in [1.29, 1.82) is 0 Å². The Bertz CT molecular complexity index is 565. The lowest BCUT2D eigenvalue weighted by molar-refractivity contribution is 0.257. The lowest BCUT2D eigenvalue weighted by Gasteiger charge is -2.23. The van der Waals surface area contributed by atoms with E-state index in [0.29, 0.717) is 17.1 Å². The number of halogens is 1. The Labute approximate surface area is 111 Å². The average Bonchev–Trinajstić information content (AvgIpc) is 2.85. The van der Waals surface area contributed by atoms with Gasteiger partial charge in [0.25, 0.3) is 0 Å². The molecule has 0 atom stereocenters. The van der Waals surface area contributed by atoms with E-state index in [4.69, 9.17) is 5.73 Å². The number of hydrogen-bond acceptors (Lipinski definition) is 3. The van der Waals surface area contributed by atoms with Crippen LogP contribution in [0.1, 0.15) is 25.7 Å². The van der Waals surface area contributed by atoms with Gasteiger partial charge in [-0.1, -0.05) is 12.8 Å². The molecular weight excluding hydrogens is 271 g/mol. The fourth-order valence-electron chi connectivity index (χ4n) is 2.31. The van der Waals surface area contributed by atoms with E-state index >= 15 is 0 Å². The Hall–Kier alpha value is -1.63. The summed E-state index contributed by atoms with van der Waals surface area (Å²) in [5, 5.41) is -0.593. The van der Waals surface area contributed by atoms with Gasteiger partial charge >= 0.3 is 6.03 Å². The van der Waals surface area contributed by atoms with E-state index < -0.39 is 27.1 Å². The smallest absolute Gasteiger partial charge is 0.333 e. The first-order valence-corrected chi connectivity index (χ1v) is 7.52. The molecule has 0 bridgehead atoms. The molecule has 104 valence electrons. The molecule has 7 heteroatoms. The second-order valence-electron chi connectivity index (χ2n) is 4.53. The van der Waals surface area contributed by atoms with E-state index in [1.54, 1.807) is 0 Å². The van der Waals surface area contributed by atoms with E-state index in [1.807, 2.05) is 0 Å². The Morgan fingerprint density at radius 2 is 1.74 bits per heavy atom. The summed E-state index contributed by atoms with van der Waals surface area (Å²) >= 11 is 0. The van der Waals surface area contributed by atoms with Gasteiger partial charge in [0, 0.05) is 0 Å². The Morgan fingerprint density at radius 3 is 2.21 bits per heavy atom. The molecule has 5 nitrogen and oxygen atoms in total. The third-order valence-corrected chi connectivity index (χ3v) is 5.45. The molecule has 2 amide bonds. The Kier molecular flexibility index (Phi) is 3.75. The van der Waals surface area contributed by atoms with Crippen molar-refractivity contribution in [3.63, 3.8) is 0 Å². The molecule has 1 aliphatic carbocycles. The van der Waals surface area contributed by atoms with Crippen LogP contribution >= 0.6 is 0 Å². The summed E-state index contributed by atoms with van der Waals surface area (Å²) in [4.78, 5) is 11.5. The zero-order chi connectivity index (χ0) is 14.0. The predicted octanol–water partition coefficient (Wildman–Crippen LogP) is 1.98. The number of sulfonamides is 1. The highest BCUT2D eigenvalue weighted by molar-refractivity contribution is 7.94. The number of nitrogens with two attached hydrogens (primary N) is 1. The molecule has 1 saturated carbocycles. The quantitative estimate of drug-likeness (QED) is 0.922. The van der Waals surface area contributed by atoms with E-state index in [0.717, 1.165) is 25.0 Å². The number of amides is 2. The lowest BCUT2D eigenvalue weighted by atomic mass is 10.3. The van der Waals surface area contributed by atoms with Crippen molar-refractivity contribution in [2.75, 3.05) is 4.31 Å². The number of rotatable bonds is 3. The van der Waals surface area contributed by atoms with Gasteiger partial charge in [-0.05, 0) is 37.1 Å². The molecule has 2 N–H and O–H groups in total. The number of urea groups is 1. The minimum Gasteiger partial charge on any atom is -0.350 e. The third kappa shape index (κ3) is 2.70. The van der Waals surface area contributed by atoms with Crippen molar-refractivity contribution >= 4 is 21.7 Å². The van der Waals surface area contributed by atoms with Crippen molar-refractivity contribution < 1.29 is 17.6 Å². The molecule has 1 aliphatic rings. The SMILES string of the molecule is NC(=O)N(c1ccc(F)cc1)S(=O)(=O)C1CCCC1. The second kappa shape index (κ2) is 5.16. The molecule has 1 fully saturated rings. The maximum absolute atomic E-state index is 12.9. The number of hydrogen-bond donors (Lipinski definition) is 1. The summed E-state index contributed by atoms with van der Waals surface area (Å²) in [7, 11) is -3.83. The minimum atomic E-state index is -3.83. The molecular formula is C12H15FN2O3S. The molecule has 1 aromatic carbocycles. The van der Waals surface area contributed by atoms with Gasteiger partial charge in [0.05, 0.1) is 10.9 Å². The fourth-order valence-corrected chi connectivity index (χ4v) is 4.20. The van der Waals surface area contributed by atoms with E-state index in [2.05, 4.69) is 0 Å². The predicted molar refractivity (Wildman–Crippen MR) is 69.6 cm³/mol. The van der Waals surface area contributed by atoms with Crippen molar-refractivity contribution in [2.45, 2.75) is 30.9 Å². The highest BCUT2D eigenvalue weighted by Crippen LogP contribution is 2.30. The van der Waals surface area contributed by atoms with Crippen LogP contribution < -0.4 is 10.0 Å². The van der Waals surface area contributed by atoms with Crippen LogP contribution in [0, 0.1) is 5.82 Å². The lowest BCUT2D eigenvalue weighted by Crippen LogP contribution is -2.45. The first-order chi connectivity index (χ1) is 8.93. The van der Waals surface area contributed by atoms with Gasteiger partial charge in [-0.2, -0.15) is 4.31 Å². The molecule has 2 rings (SSSR count). The summed E-state index contributed by atoms with van der Waals surface area (Å²) < 4.78 is 38.2. The standard InChI is InChI=1S/C12H15FN2O3S/c13-9-5-7-10(8-6-9)15(12(14)16)19(17,18)11-3-1-2-4-11/h5-8,11H,1-4H2,(H2,14,16). The molecule has 0 radical (unpaired) electrons. The van der Waals surface area contributed by atoms with Crippen molar-refractivity contribution in [2.24, 2.45) is 5.73 Å². The average molecular weight is 286 g/mol. The van der Waals surface area contributed by atoms with Gasteiger partial charge in [0.15, 0.2) is 0 Å². The Balaban J connectivity index is 2.40. The van der Waals surface area contributed by atoms with Crippen LogP contribution in [0.25, 0.3) is 0 Å². The molecule has 0 aromatic heterocycles. The number of benzene rings is 1. The molecule has 0 unspecified atom stereocenters. The fraction of sp³-hybridized carbons (Fsp3) is 0.417. The van der Waals surface area contributed by atoms with Crippen molar-refractivity contribution in [3.05, 3.63) is 30.1 Å². The van der Waals surface area contributed by atoms with Crippen LogP contribution in [-0.4, -0.2) is 19.7 Å². The number of carbonyl (C=O) groups excluding carboxylic acids is 1. The van der Waals surface area contributed by atoms with Gasteiger partial charge in [-0.3, -0.25) is 0 Å². The van der Waals surface area contributed by atoms with Crippen LogP contribution in [0.4, 0.5) is 14.9 Å². The zero-order valence-corrected chi connectivity index (χ0v) is 11.1. The van der Waals surface area contributed by atoms with E-state index in [1.165, 1.54) is 12.1 Å². The maximum Gasteiger partial charge on any atom is 0.333 e. The number of carbonyl (C=O) groups is 1. The maximum atomic E-state index is 12.9. The summed E-state index contributed by atoms with van der Waals surface area (Å²) in [6, 6.07) is 3.57. The zero-order valence-electron chi connectivity index (χ0n) is 10.3. The molecule has 0 aliphatic heterocycles. The van der Waals surface area contributed by atoms with Crippen LogP contribution in [0.3, 0.4) is 0 Å². The number of primary amides is 1. The van der Waals surface area contributed by atoms with Gasteiger partial charge in [0.2, 0.25) is 10.0 Å². The normalized spacial score (nSPS) is 16.5. The topological polar surface area (TPSA) is 80.5 Å². The van der Waals surface area contributed by atoms with Crippen LogP contribution in [0.15, 0.2) is 24.3 Å². The van der Waals surface area contributed by atoms with Gasteiger partial charge in [-0.25, -0.2) is 17.6 Å². The highest BCUT2D eigenvalue weighted by atomic mass is 32.2. The van der Waals surface area contributed by atoms with Crippen LogP contribution in [0.5, 0.6) is 0 Å². The van der Waals surface area contributed by atoms with Crippen molar-refractivity contribution in [3.8, 4) is 0 Å². The molecule has 1 aromatic rings. The molecule has 19 heavy (non-hydrogen) atoms. The summed E-state index contributed by atoms with van der Waals surface area (Å²) in [6.45, 7) is 0. The third-order valence-electron chi connectivity index (χ3n) is 3.24. The number of anilines is 1. The first-order valence-electron chi connectivity index (χ1n) is 6.02. The number of nitrogens with zero attached hydrogens (tertiary/aromatic N) is 1. The van der Waals surface area contributed by atoms with Crippen LogP contribution in [0.2, 0.25) is 0 Å². The first kappa shape index (κ1) is 13.8. The summed E-state index contributed by atoms with van der Waals surface area (Å²) in [5.41, 5.74) is 5.24. The van der Waals surface area contributed by atoms with Crippen LogP contribution in [-0.2, 0) is 10.0 Å². The highest BCUT2D eigenvalue weighted by Gasteiger charge is 2.37. The summed E-state index contributed by atoms with van der Waals surface area (Å²) in [6.07, 6.45) is 2.68. The molecule has 0 spiro atoms. The second-order valence-corrected chi connectivity index (χ2v) is 6.59. The minimum absolute atomic E-state index is 0.0702. The van der Waals surface area contributed by atoms with Crippen molar-refractivity contribution in [1.82, 2.24) is 0 Å². The van der Waals surface area contributed by atoms with E-state index in [9.17, 15) is 17.6 Å². The van der Waals surface area contributed by atoms with Gasteiger partial charge in [-0.15, -0.1) is 0 Å². The summed E-state index contributed by atoms with van der Waals surface area (Å²) in [5.74, 6) is -0.508. The largest absolute Gasteiger partial charge is 0.350 e. The molecule has 0 heterocycles. The van der Waals surface area contributed by atoms with E-state index in [-0.39, 0.29) is 5.69 Å².